The molecule has 0 radical (unpaired) electrons. The lowest BCUT2D eigenvalue weighted by Gasteiger charge is -2.14. The number of Topliss-reactive ketones (excluding diaryl/α,β-unsaturated/α-hetero) is 1. The Hall–Kier alpha value is -2.16. The van der Waals surface area contributed by atoms with Gasteiger partial charge in [-0.05, 0) is 30.1 Å². The van der Waals surface area contributed by atoms with Gasteiger partial charge in [0, 0.05) is 5.41 Å². The summed E-state index contributed by atoms with van der Waals surface area (Å²) in [6.07, 6.45) is 2.48. The predicted octanol–water partition coefficient (Wildman–Crippen LogP) is 3.56. The van der Waals surface area contributed by atoms with Gasteiger partial charge in [0.15, 0.2) is 5.78 Å². The second kappa shape index (κ2) is 5.68. The first-order valence-electron chi connectivity index (χ1n) is 6.97. The molecule has 1 aromatic carbocycles. The molecule has 2 rings (SSSR count). The van der Waals surface area contributed by atoms with Gasteiger partial charge in [0.1, 0.15) is 5.57 Å². The second-order valence-corrected chi connectivity index (χ2v) is 5.97. The molecule has 0 aliphatic heterocycles. The van der Waals surface area contributed by atoms with Crippen molar-refractivity contribution in [1.82, 2.24) is 0 Å². The summed E-state index contributed by atoms with van der Waals surface area (Å²) in [7, 11) is 1.30. The summed E-state index contributed by atoms with van der Waals surface area (Å²) in [5.74, 6) is -0.681. The van der Waals surface area contributed by atoms with Crippen LogP contribution in [0.2, 0.25) is 0 Å². The minimum atomic E-state index is -0.549. The first-order valence-corrected chi connectivity index (χ1v) is 6.97. The van der Waals surface area contributed by atoms with Gasteiger partial charge in [-0.2, -0.15) is 0 Å². The summed E-state index contributed by atoms with van der Waals surface area (Å²) < 4.78 is 4.77. The van der Waals surface area contributed by atoms with E-state index in [4.69, 9.17) is 4.74 Å². The van der Waals surface area contributed by atoms with E-state index in [2.05, 4.69) is 0 Å². The van der Waals surface area contributed by atoms with Gasteiger partial charge in [-0.1, -0.05) is 50.3 Å². The number of rotatable bonds is 3. The minimum Gasteiger partial charge on any atom is -0.465 e. The average molecular weight is 284 g/mol. The van der Waals surface area contributed by atoms with Crippen LogP contribution >= 0.6 is 0 Å². The lowest BCUT2D eigenvalue weighted by molar-refractivity contribution is -0.138. The molecule has 1 aliphatic carbocycles. The van der Waals surface area contributed by atoms with Gasteiger partial charge in [-0.3, -0.25) is 4.79 Å². The maximum Gasteiger partial charge on any atom is 0.341 e. The Balaban J connectivity index is 2.46. The smallest absolute Gasteiger partial charge is 0.341 e. The summed E-state index contributed by atoms with van der Waals surface area (Å²) in [5.41, 5.74) is 2.51. The minimum absolute atomic E-state index is 0.138. The zero-order valence-corrected chi connectivity index (χ0v) is 12.9. The monoisotopic (exact) mass is 284 g/mol. The van der Waals surface area contributed by atoms with Crippen LogP contribution in [0.3, 0.4) is 0 Å². The van der Waals surface area contributed by atoms with Crippen molar-refractivity contribution in [2.24, 2.45) is 5.41 Å². The summed E-state index contributed by atoms with van der Waals surface area (Å²) in [4.78, 5) is 24.3. The molecule has 0 heterocycles. The number of hydrogen-bond donors (Lipinski definition) is 0. The van der Waals surface area contributed by atoms with Crippen molar-refractivity contribution in [2.75, 3.05) is 7.11 Å². The van der Waals surface area contributed by atoms with Crippen LogP contribution < -0.4 is 0 Å². The Morgan fingerprint density at radius 1 is 1.24 bits per heavy atom. The van der Waals surface area contributed by atoms with E-state index >= 15 is 0 Å². The van der Waals surface area contributed by atoms with E-state index in [1.54, 1.807) is 0 Å². The maximum atomic E-state index is 12.4. The van der Waals surface area contributed by atoms with Crippen molar-refractivity contribution in [2.45, 2.75) is 27.2 Å². The normalized spacial score (nSPS) is 18.1. The summed E-state index contributed by atoms with van der Waals surface area (Å²) in [5, 5.41) is 0. The molecule has 0 unspecified atom stereocenters. The molecular weight excluding hydrogens is 264 g/mol. The molecule has 0 N–H and O–H groups in total. The standard InChI is InChI=1S/C18H20O3/c1-12(13-8-6-5-7-9-13)10-14-11-18(2,3)16(19)15(14)17(20)21-4/h5-10H,11H2,1-4H3/b12-10+. The van der Waals surface area contributed by atoms with E-state index < -0.39 is 11.4 Å². The molecule has 0 fully saturated rings. The van der Waals surface area contributed by atoms with Crippen LogP contribution in [0.5, 0.6) is 0 Å². The number of ether oxygens (including phenoxy) is 1. The molecule has 3 heteroatoms. The summed E-state index contributed by atoms with van der Waals surface area (Å²) >= 11 is 0. The topological polar surface area (TPSA) is 43.4 Å². The Bertz CT molecular complexity index is 634. The van der Waals surface area contributed by atoms with Crippen molar-refractivity contribution in [1.29, 1.82) is 0 Å². The van der Waals surface area contributed by atoms with Crippen LogP contribution in [-0.4, -0.2) is 18.9 Å². The number of allylic oxidation sites excluding steroid dienone is 3. The SMILES string of the molecule is COC(=O)C1=C(/C=C(\C)c2ccccc2)CC(C)(C)C1=O. The molecule has 0 spiro atoms. The van der Waals surface area contributed by atoms with Crippen molar-refractivity contribution in [3.05, 3.63) is 53.1 Å². The molecule has 21 heavy (non-hydrogen) atoms. The number of ketones is 1. The van der Waals surface area contributed by atoms with Crippen molar-refractivity contribution in [3.8, 4) is 0 Å². The average Bonchev–Trinajstić information content (AvgIpc) is 2.69. The van der Waals surface area contributed by atoms with Gasteiger partial charge in [0.05, 0.1) is 7.11 Å². The van der Waals surface area contributed by atoms with E-state index in [1.165, 1.54) is 7.11 Å². The van der Waals surface area contributed by atoms with E-state index in [-0.39, 0.29) is 11.4 Å². The number of hydrogen-bond acceptors (Lipinski definition) is 3. The quantitative estimate of drug-likeness (QED) is 0.629. The van der Waals surface area contributed by atoms with Crippen LogP contribution in [0.15, 0.2) is 47.6 Å². The zero-order chi connectivity index (χ0) is 15.6. The number of methoxy groups -OCH3 is 1. The van der Waals surface area contributed by atoms with Gasteiger partial charge in [0.2, 0.25) is 0 Å². The van der Waals surface area contributed by atoms with Crippen LogP contribution in [0.4, 0.5) is 0 Å². The molecular formula is C18H20O3. The Morgan fingerprint density at radius 2 is 1.86 bits per heavy atom. The van der Waals surface area contributed by atoms with Gasteiger partial charge in [0.25, 0.3) is 0 Å². The zero-order valence-electron chi connectivity index (χ0n) is 12.9. The van der Waals surface area contributed by atoms with Gasteiger partial charge in [-0.15, -0.1) is 0 Å². The first kappa shape index (κ1) is 15.2. The summed E-state index contributed by atoms with van der Waals surface area (Å²) in [6, 6.07) is 9.90. The van der Waals surface area contributed by atoms with E-state index in [1.807, 2.05) is 57.2 Å². The highest BCUT2D eigenvalue weighted by atomic mass is 16.5. The number of benzene rings is 1. The molecule has 0 saturated heterocycles. The Morgan fingerprint density at radius 3 is 2.43 bits per heavy atom. The highest BCUT2D eigenvalue weighted by Crippen LogP contribution is 2.40. The molecule has 0 atom stereocenters. The van der Waals surface area contributed by atoms with Crippen molar-refractivity contribution >= 4 is 17.3 Å². The fourth-order valence-corrected chi connectivity index (χ4v) is 2.62. The van der Waals surface area contributed by atoms with Crippen molar-refractivity contribution in [3.63, 3.8) is 0 Å². The second-order valence-electron chi connectivity index (χ2n) is 5.97. The van der Waals surface area contributed by atoms with Gasteiger partial charge >= 0.3 is 5.97 Å². The molecule has 1 aliphatic rings. The Labute approximate surface area is 125 Å². The third-order valence-corrected chi connectivity index (χ3v) is 3.80. The van der Waals surface area contributed by atoms with Crippen molar-refractivity contribution < 1.29 is 14.3 Å². The highest BCUT2D eigenvalue weighted by molar-refractivity contribution is 6.22. The lowest BCUT2D eigenvalue weighted by Crippen LogP contribution is -2.23. The number of esters is 1. The molecule has 1 aromatic rings. The number of carbonyl (C=O) groups is 2. The first-order chi connectivity index (χ1) is 9.86. The van der Waals surface area contributed by atoms with E-state index in [9.17, 15) is 9.59 Å². The van der Waals surface area contributed by atoms with Gasteiger partial charge in [-0.25, -0.2) is 4.79 Å². The lowest BCUT2D eigenvalue weighted by atomic mass is 9.87. The molecule has 0 saturated carbocycles. The third-order valence-electron chi connectivity index (χ3n) is 3.80. The number of carbonyl (C=O) groups excluding carboxylic acids is 2. The predicted molar refractivity (Wildman–Crippen MR) is 82.5 cm³/mol. The molecule has 110 valence electrons. The fraction of sp³-hybridized carbons (Fsp3) is 0.333. The largest absolute Gasteiger partial charge is 0.465 e. The summed E-state index contributed by atoms with van der Waals surface area (Å²) in [6.45, 7) is 5.70. The molecule has 0 bridgehead atoms. The third kappa shape index (κ3) is 2.97. The maximum absolute atomic E-state index is 12.4. The Kier molecular flexibility index (Phi) is 4.12. The van der Waals surface area contributed by atoms with E-state index in [0.717, 1.165) is 16.7 Å². The van der Waals surface area contributed by atoms with Crippen LogP contribution in [0.1, 0.15) is 32.8 Å². The fourth-order valence-electron chi connectivity index (χ4n) is 2.62. The molecule has 3 nitrogen and oxygen atoms in total. The van der Waals surface area contributed by atoms with Crippen LogP contribution in [0, 0.1) is 5.41 Å². The van der Waals surface area contributed by atoms with Gasteiger partial charge < -0.3 is 4.74 Å². The van der Waals surface area contributed by atoms with Crippen LogP contribution in [-0.2, 0) is 14.3 Å². The van der Waals surface area contributed by atoms with E-state index in [0.29, 0.717) is 6.42 Å². The highest BCUT2D eigenvalue weighted by Gasteiger charge is 2.42. The molecule has 0 amide bonds. The molecule has 0 aromatic heterocycles. The van der Waals surface area contributed by atoms with Crippen LogP contribution in [0.25, 0.3) is 5.57 Å².